The molecule has 10 nitrogen and oxygen atoms in total. The molecule has 0 saturated heterocycles. The van der Waals surface area contributed by atoms with Crippen molar-refractivity contribution >= 4 is 51.6 Å². The largest absolute Gasteiger partial charge is 0.462 e. The number of hydrogen-bond donors (Lipinski definition) is 3. The van der Waals surface area contributed by atoms with Crippen LogP contribution in [0.15, 0.2) is 16.0 Å². The second-order valence-electron chi connectivity index (χ2n) is 5.74. The molecular weight excluding hydrogens is 404 g/mol. The van der Waals surface area contributed by atoms with Crippen molar-refractivity contribution in [3.63, 3.8) is 0 Å². The number of anilines is 2. The fourth-order valence-electron chi connectivity index (χ4n) is 2.48. The number of H-pyrrole nitrogens is 1. The number of thiophene rings is 1. The van der Waals surface area contributed by atoms with Crippen LogP contribution in [0.5, 0.6) is 0 Å². The zero-order chi connectivity index (χ0) is 20.4. The molecule has 12 heteroatoms. The number of thioether (sulfide) groups is 1. The van der Waals surface area contributed by atoms with Crippen molar-refractivity contribution in [3.05, 3.63) is 32.4 Å². The number of carbonyl (C=O) groups excluding carboxylic acids is 2. The maximum atomic E-state index is 12.4. The lowest BCUT2D eigenvalue weighted by molar-refractivity contribution is -0.113. The van der Waals surface area contributed by atoms with Crippen molar-refractivity contribution in [1.29, 1.82) is 0 Å². The van der Waals surface area contributed by atoms with E-state index >= 15 is 0 Å². The van der Waals surface area contributed by atoms with Crippen molar-refractivity contribution < 1.29 is 14.3 Å². The Morgan fingerprint density at radius 3 is 2.86 bits per heavy atom. The maximum Gasteiger partial charge on any atom is 0.341 e. The number of carbonyl (C=O) groups is 2. The highest BCUT2D eigenvalue weighted by atomic mass is 32.2. The van der Waals surface area contributed by atoms with Crippen molar-refractivity contribution in [2.45, 2.75) is 25.9 Å². The summed E-state index contributed by atoms with van der Waals surface area (Å²) in [4.78, 5) is 39.5. The van der Waals surface area contributed by atoms with Crippen molar-refractivity contribution in [2.75, 3.05) is 23.4 Å². The summed E-state index contributed by atoms with van der Waals surface area (Å²) >= 11 is 2.42. The Morgan fingerprint density at radius 1 is 1.39 bits per heavy atom. The third kappa shape index (κ3) is 3.87. The lowest BCUT2D eigenvalue weighted by Crippen LogP contribution is -2.17. The summed E-state index contributed by atoms with van der Waals surface area (Å²) in [5.41, 5.74) is 6.60. The first-order valence-electron chi connectivity index (χ1n) is 8.25. The highest BCUT2D eigenvalue weighted by Crippen LogP contribution is 2.33. The zero-order valence-corrected chi connectivity index (χ0v) is 17.0. The van der Waals surface area contributed by atoms with Gasteiger partial charge in [0.1, 0.15) is 10.8 Å². The van der Waals surface area contributed by atoms with Gasteiger partial charge in [-0.1, -0.05) is 11.8 Å². The second kappa shape index (κ2) is 8.02. The summed E-state index contributed by atoms with van der Waals surface area (Å²) in [6.45, 7) is 5.66. The maximum absolute atomic E-state index is 12.4. The number of rotatable bonds is 6. The minimum atomic E-state index is -0.465. The minimum Gasteiger partial charge on any atom is -0.462 e. The summed E-state index contributed by atoms with van der Waals surface area (Å²) in [5.74, 6) is -0.413. The second-order valence-corrected chi connectivity index (χ2v) is 7.91. The number of nitrogens with zero attached hydrogens (tertiary/aromatic N) is 3. The fourth-order valence-corrected chi connectivity index (χ4v) is 4.30. The number of nitrogens with two attached hydrogens (primary N) is 1. The van der Waals surface area contributed by atoms with Crippen LogP contribution in [-0.4, -0.2) is 43.8 Å². The fraction of sp³-hybridized carbons (Fsp3) is 0.312. The van der Waals surface area contributed by atoms with E-state index in [1.807, 2.05) is 13.8 Å². The van der Waals surface area contributed by atoms with E-state index in [2.05, 4.69) is 20.5 Å². The predicted molar refractivity (Wildman–Crippen MR) is 107 cm³/mol. The van der Waals surface area contributed by atoms with E-state index in [0.717, 1.165) is 22.2 Å². The highest BCUT2D eigenvalue weighted by molar-refractivity contribution is 7.99. The van der Waals surface area contributed by atoms with Crippen molar-refractivity contribution in [2.24, 2.45) is 0 Å². The molecule has 0 unspecified atom stereocenters. The molecule has 148 valence electrons. The quantitative estimate of drug-likeness (QED) is 0.401. The topological polar surface area (TPSA) is 144 Å². The lowest BCUT2D eigenvalue weighted by Gasteiger charge is -2.07. The van der Waals surface area contributed by atoms with E-state index in [4.69, 9.17) is 10.5 Å². The minimum absolute atomic E-state index is 0.0115. The molecule has 0 aliphatic carbocycles. The van der Waals surface area contributed by atoms with Crippen LogP contribution in [0.1, 0.15) is 27.7 Å². The number of aryl methyl sites for hydroxylation is 1. The van der Waals surface area contributed by atoms with E-state index in [1.165, 1.54) is 21.8 Å². The number of amides is 1. The molecule has 3 heterocycles. The Kier molecular flexibility index (Phi) is 5.70. The number of fused-ring (bicyclic) bond motifs is 1. The van der Waals surface area contributed by atoms with Crippen LogP contribution in [0.25, 0.3) is 5.78 Å². The molecule has 28 heavy (non-hydrogen) atoms. The van der Waals surface area contributed by atoms with Gasteiger partial charge in [0.2, 0.25) is 11.7 Å². The first-order valence-corrected chi connectivity index (χ1v) is 10.1. The molecule has 0 aromatic carbocycles. The molecule has 0 saturated carbocycles. The number of ether oxygens (including phenoxy) is 1. The van der Waals surface area contributed by atoms with Gasteiger partial charge in [-0.05, 0) is 26.3 Å². The molecule has 0 radical (unpaired) electrons. The van der Waals surface area contributed by atoms with Crippen molar-refractivity contribution in [3.8, 4) is 0 Å². The lowest BCUT2D eigenvalue weighted by atomic mass is 10.1. The number of esters is 1. The highest BCUT2D eigenvalue weighted by Gasteiger charge is 2.22. The van der Waals surface area contributed by atoms with E-state index < -0.39 is 5.97 Å². The SMILES string of the molecule is CCOC(=O)c1c(NC(=O)CSc2nnc3[nH]c(=O)cc(N)n23)sc(C)c1C. The first-order chi connectivity index (χ1) is 13.3. The molecule has 1 amide bonds. The Morgan fingerprint density at radius 2 is 2.14 bits per heavy atom. The average Bonchev–Trinajstić information content (AvgIpc) is 3.14. The molecule has 0 atom stereocenters. The molecule has 0 spiro atoms. The van der Waals surface area contributed by atoms with E-state index in [1.54, 1.807) is 6.92 Å². The summed E-state index contributed by atoms with van der Waals surface area (Å²) in [5, 5.41) is 11.4. The van der Waals surface area contributed by atoms with Gasteiger partial charge in [-0.2, -0.15) is 0 Å². The van der Waals surface area contributed by atoms with Gasteiger partial charge < -0.3 is 15.8 Å². The van der Waals surface area contributed by atoms with Gasteiger partial charge in [0.05, 0.1) is 17.9 Å². The summed E-state index contributed by atoms with van der Waals surface area (Å²) in [7, 11) is 0. The van der Waals surface area contributed by atoms with Crippen LogP contribution in [0, 0.1) is 13.8 Å². The summed E-state index contributed by atoms with van der Waals surface area (Å²) < 4.78 is 6.53. The number of hydrogen-bond acceptors (Lipinski definition) is 9. The molecule has 3 aromatic heterocycles. The van der Waals surface area contributed by atoms with Crippen LogP contribution in [0.4, 0.5) is 10.8 Å². The molecule has 0 aliphatic heterocycles. The van der Waals surface area contributed by atoms with Crippen molar-refractivity contribution in [1.82, 2.24) is 19.6 Å². The standard InChI is InChI=1S/C16H18N6O4S2/c1-4-26-14(25)12-7(2)8(3)28-13(12)18-11(24)6-27-16-21-20-15-19-10(23)5-9(17)22(15)16/h5H,4,6,17H2,1-3H3,(H,18,24)(H,19,20,23). The Balaban J connectivity index is 1.75. The van der Waals surface area contributed by atoms with Crippen LogP contribution >= 0.6 is 23.1 Å². The van der Waals surface area contributed by atoms with Gasteiger partial charge in [0.25, 0.3) is 5.56 Å². The Labute approximate surface area is 167 Å². The van der Waals surface area contributed by atoms with Gasteiger partial charge in [-0.15, -0.1) is 21.5 Å². The number of nitrogen functional groups attached to an aromatic ring is 1. The smallest absolute Gasteiger partial charge is 0.341 e. The number of nitrogens with one attached hydrogen (secondary N) is 2. The number of aromatic nitrogens is 4. The molecule has 3 aromatic rings. The Bertz CT molecular complexity index is 1120. The molecule has 0 bridgehead atoms. The van der Waals surface area contributed by atoms with Crippen LogP contribution in [0.3, 0.4) is 0 Å². The van der Waals surface area contributed by atoms with Gasteiger partial charge in [-0.3, -0.25) is 14.6 Å². The predicted octanol–water partition coefficient (Wildman–Crippen LogP) is 1.59. The van der Waals surface area contributed by atoms with E-state index in [0.29, 0.717) is 15.7 Å². The molecule has 3 rings (SSSR count). The third-order valence-corrected chi connectivity index (χ3v) is 5.91. The van der Waals surface area contributed by atoms with E-state index in [9.17, 15) is 14.4 Å². The third-order valence-electron chi connectivity index (χ3n) is 3.86. The summed E-state index contributed by atoms with van der Waals surface area (Å²) in [6.07, 6.45) is 0. The van der Waals surface area contributed by atoms with Gasteiger partial charge in [-0.25, -0.2) is 9.20 Å². The van der Waals surface area contributed by atoms with Crippen LogP contribution in [-0.2, 0) is 9.53 Å². The number of aromatic amines is 1. The van der Waals surface area contributed by atoms with Gasteiger partial charge >= 0.3 is 5.97 Å². The Hall–Kier alpha value is -2.86. The van der Waals surface area contributed by atoms with Crippen LogP contribution < -0.4 is 16.6 Å². The molecule has 4 N–H and O–H groups in total. The molecule has 0 aliphatic rings. The normalized spacial score (nSPS) is 11.0. The summed E-state index contributed by atoms with van der Waals surface area (Å²) in [6, 6.07) is 1.21. The zero-order valence-electron chi connectivity index (χ0n) is 15.4. The first kappa shape index (κ1) is 19.9. The monoisotopic (exact) mass is 422 g/mol. The van der Waals surface area contributed by atoms with Gasteiger partial charge in [0.15, 0.2) is 5.16 Å². The molecular formula is C16H18N6O4S2. The van der Waals surface area contributed by atoms with E-state index in [-0.39, 0.29) is 35.4 Å². The van der Waals surface area contributed by atoms with Gasteiger partial charge in [0, 0.05) is 10.9 Å². The van der Waals surface area contributed by atoms with Crippen LogP contribution in [0.2, 0.25) is 0 Å². The molecule has 0 fully saturated rings. The average molecular weight is 422 g/mol.